The molecule has 0 atom stereocenters. The molecular weight excluding hydrogens is 262 g/mol. The van der Waals surface area contributed by atoms with Gasteiger partial charge in [-0.25, -0.2) is 0 Å². The van der Waals surface area contributed by atoms with Gasteiger partial charge in [0.05, 0.1) is 32.9 Å². The number of nitrogens with zero attached hydrogens (tertiary/aromatic N) is 1. The van der Waals surface area contributed by atoms with Crippen molar-refractivity contribution in [2.45, 2.75) is 13.3 Å². The second-order valence-corrected chi connectivity index (χ2v) is 5.74. The highest BCUT2D eigenvalue weighted by Crippen LogP contribution is 1.95. The largest absolute Gasteiger partial charge is 1.00 e. The Morgan fingerprint density at radius 1 is 1.18 bits per heavy atom. The van der Waals surface area contributed by atoms with Gasteiger partial charge in [0.1, 0.15) is 0 Å². The van der Waals surface area contributed by atoms with Crippen molar-refractivity contribution >= 4 is 10.1 Å². The molecule has 0 saturated heterocycles. The molecule has 1 N–H and O–H groups in total. The maximum Gasteiger partial charge on any atom is 0.264 e. The summed E-state index contributed by atoms with van der Waals surface area (Å²) in [5.74, 6) is -0.132. The average Bonchev–Trinajstić information content (AvgIpc) is 2.01. The average molecular weight is 286 g/mol. The lowest BCUT2D eigenvalue weighted by Gasteiger charge is -2.26. The Bertz CT molecular complexity index is 288. The maximum atomic E-state index is 9.79. The Hall–Kier alpha value is -0.360. The predicted octanol–water partition coefficient (Wildman–Crippen LogP) is -1.28. The SMILES string of the molecule is C=CC[N+](C)(C)CC=C.CCCS(=O)(=O)O.[Cl-]. The highest BCUT2D eigenvalue weighted by Gasteiger charge is 2.07. The van der Waals surface area contributed by atoms with E-state index < -0.39 is 10.1 Å². The van der Waals surface area contributed by atoms with Gasteiger partial charge in [-0.1, -0.05) is 20.1 Å². The van der Waals surface area contributed by atoms with Crippen molar-refractivity contribution in [2.75, 3.05) is 32.9 Å². The minimum atomic E-state index is -3.67. The monoisotopic (exact) mass is 285 g/mol. The van der Waals surface area contributed by atoms with Crippen LogP contribution in [-0.4, -0.2) is 50.4 Å². The smallest absolute Gasteiger partial charge is 0.264 e. The van der Waals surface area contributed by atoms with Crippen molar-refractivity contribution < 1.29 is 29.9 Å². The van der Waals surface area contributed by atoms with Gasteiger partial charge in [-0.15, -0.1) is 0 Å². The quantitative estimate of drug-likeness (QED) is 0.376. The minimum Gasteiger partial charge on any atom is -1.00 e. The fourth-order valence-corrected chi connectivity index (χ4v) is 1.55. The molecule has 0 spiro atoms. The van der Waals surface area contributed by atoms with Crippen molar-refractivity contribution in [1.82, 2.24) is 0 Å². The van der Waals surface area contributed by atoms with Crippen LogP contribution in [0.15, 0.2) is 25.3 Å². The summed E-state index contributed by atoms with van der Waals surface area (Å²) in [7, 11) is 0.638. The lowest BCUT2D eigenvalue weighted by Crippen LogP contribution is -3.00. The standard InChI is InChI=1S/C8H16N.C3H8O3S.ClH/c1-5-7-9(3,4)8-6-2;1-2-3-7(4,5)6;/h5-6H,1-2,7-8H2,3-4H3;2-3H2,1H3,(H,4,5,6);1H/q+1;;/p-1. The number of rotatable bonds is 6. The van der Waals surface area contributed by atoms with Gasteiger partial charge in [-0.3, -0.25) is 4.55 Å². The molecule has 6 heteroatoms. The molecule has 0 heterocycles. The van der Waals surface area contributed by atoms with Gasteiger partial charge in [0, 0.05) is 0 Å². The molecule has 0 bridgehead atoms. The van der Waals surface area contributed by atoms with Gasteiger partial charge in [-0.2, -0.15) is 8.42 Å². The van der Waals surface area contributed by atoms with Gasteiger partial charge >= 0.3 is 0 Å². The number of hydrogen-bond donors (Lipinski definition) is 1. The number of hydrogen-bond acceptors (Lipinski definition) is 2. The molecule has 0 aromatic rings. The fourth-order valence-electron chi connectivity index (χ4n) is 1.03. The van der Waals surface area contributed by atoms with Gasteiger partial charge in [-0.05, 0) is 18.6 Å². The van der Waals surface area contributed by atoms with Crippen molar-refractivity contribution in [2.24, 2.45) is 0 Å². The molecule has 0 aliphatic rings. The first-order valence-corrected chi connectivity index (χ1v) is 6.78. The third-order valence-corrected chi connectivity index (χ3v) is 2.63. The number of halogens is 1. The summed E-state index contributed by atoms with van der Waals surface area (Å²) < 4.78 is 28.5. The third-order valence-electron chi connectivity index (χ3n) is 1.71. The summed E-state index contributed by atoms with van der Waals surface area (Å²) in [6.07, 6.45) is 4.34. The van der Waals surface area contributed by atoms with Crippen molar-refractivity contribution in [3.05, 3.63) is 25.3 Å². The molecule has 0 aromatic heterocycles. The Labute approximate surface area is 112 Å². The van der Waals surface area contributed by atoms with E-state index in [1.54, 1.807) is 6.92 Å². The maximum absolute atomic E-state index is 9.79. The molecule has 0 rings (SSSR count). The van der Waals surface area contributed by atoms with E-state index in [1.165, 1.54) is 0 Å². The number of quaternary nitrogens is 1. The Morgan fingerprint density at radius 2 is 1.53 bits per heavy atom. The summed E-state index contributed by atoms with van der Waals surface area (Å²) in [5.41, 5.74) is 0. The minimum absolute atomic E-state index is 0. The molecule has 0 fully saturated rings. The molecule has 0 unspecified atom stereocenters. The molecule has 104 valence electrons. The van der Waals surface area contributed by atoms with Crippen molar-refractivity contribution in [3.8, 4) is 0 Å². The van der Waals surface area contributed by atoms with E-state index in [2.05, 4.69) is 27.3 Å². The van der Waals surface area contributed by atoms with E-state index in [4.69, 9.17) is 4.55 Å². The highest BCUT2D eigenvalue weighted by molar-refractivity contribution is 7.85. The first kappa shape index (κ1) is 21.9. The molecule has 0 saturated carbocycles. The van der Waals surface area contributed by atoms with Crippen LogP contribution in [0.1, 0.15) is 13.3 Å². The summed E-state index contributed by atoms with van der Waals surface area (Å²) in [6.45, 7) is 11.1. The normalized spacial score (nSPS) is 10.6. The van der Waals surface area contributed by atoms with Crippen LogP contribution in [0, 0.1) is 0 Å². The van der Waals surface area contributed by atoms with E-state index in [9.17, 15) is 8.42 Å². The summed E-state index contributed by atoms with van der Waals surface area (Å²) >= 11 is 0. The predicted molar refractivity (Wildman–Crippen MR) is 68.9 cm³/mol. The zero-order chi connectivity index (χ0) is 13.2. The van der Waals surface area contributed by atoms with E-state index in [-0.39, 0.29) is 18.2 Å². The van der Waals surface area contributed by atoms with Gasteiger partial charge < -0.3 is 16.9 Å². The van der Waals surface area contributed by atoms with Crippen LogP contribution in [0.5, 0.6) is 0 Å². The lowest BCUT2D eigenvalue weighted by molar-refractivity contribution is -0.878. The third kappa shape index (κ3) is 21.5. The van der Waals surface area contributed by atoms with Crippen LogP contribution in [-0.2, 0) is 10.1 Å². The highest BCUT2D eigenvalue weighted by atomic mass is 35.5. The van der Waals surface area contributed by atoms with Crippen molar-refractivity contribution in [1.29, 1.82) is 0 Å². The lowest BCUT2D eigenvalue weighted by atomic mass is 10.4. The van der Waals surface area contributed by atoms with E-state index >= 15 is 0 Å². The van der Waals surface area contributed by atoms with Gasteiger partial charge in [0.15, 0.2) is 0 Å². The molecule has 4 nitrogen and oxygen atoms in total. The molecular formula is C11H24ClNO3S. The second kappa shape index (κ2) is 10.8. The topological polar surface area (TPSA) is 54.4 Å². The van der Waals surface area contributed by atoms with Crippen LogP contribution in [0.4, 0.5) is 0 Å². The Balaban J connectivity index is -0.000000224. The van der Waals surface area contributed by atoms with Crippen LogP contribution in [0.2, 0.25) is 0 Å². The van der Waals surface area contributed by atoms with E-state index in [0.29, 0.717) is 6.42 Å². The number of likely N-dealkylation sites (N-methyl/N-ethyl adjacent to an activating group) is 1. The molecule has 0 aliphatic heterocycles. The van der Waals surface area contributed by atoms with Crippen LogP contribution < -0.4 is 12.4 Å². The summed E-state index contributed by atoms with van der Waals surface area (Å²) in [6, 6.07) is 0. The van der Waals surface area contributed by atoms with Crippen LogP contribution in [0.3, 0.4) is 0 Å². The Kier molecular flexibility index (Phi) is 13.9. The van der Waals surface area contributed by atoms with Gasteiger partial charge in [0.2, 0.25) is 0 Å². The first-order valence-electron chi connectivity index (χ1n) is 5.17. The van der Waals surface area contributed by atoms with E-state index in [0.717, 1.165) is 17.6 Å². The molecule has 0 aromatic carbocycles. The second-order valence-electron chi connectivity index (χ2n) is 4.16. The zero-order valence-electron chi connectivity index (χ0n) is 10.9. The van der Waals surface area contributed by atoms with Crippen molar-refractivity contribution in [3.63, 3.8) is 0 Å². The summed E-state index contributed by atoms with van der Waals surface area (Å²) in [4.78, 5) is 0. The zero-order valence-corrected chi connectivity index (χ0v) is 12.5. The molecule has 17 heavy (non-hydrogen) atoms. The summed E-state index contributed by atoms with van der Waals surface area (Å²) in [5, 5.41) is 0. The molecule has 0 radical (unpaired) electrons. The molecule has 0 amide bonds. The first-order chi connectivity index (χ1) is 7.18. The van der Waals surface area contributed by atoms with Gasteiger partial charge in [0.25, 0.3) is 10.1 Å². The van der Waals surface area contributed by atoms with Crippen LogP contribution in [0.25, 0.3) is 0 Å². The van der Waals surface area contributed by atoms with E-state index in [1.807, 2.05) is 12.2 Å². The van der Waals surface area contributed by atoms with Crippen LogP contribution >= 0.6 is 0 Å². The Morgan fingerprint density at radius 3 is 1.65 bits per heavy atom. The fraction of sp³-hybridized carbons (Fsp3) is 0.636. The molecule has 0 aliphatic carbocycles.